The minimum atomic E-state index is -0.358. The molecule has 0 amide bonds. The number of anilines is 1. The molecule has 31 heavy (non-hydrogen) atoms. The number of hydrogen-bond donors (Lipinski definition) is 2. The Morgan fingerprint density at radius 3 is 2.61 bits per heavy atom. The van der Waals surface area contributed by atoms with E-state index in [9.17, 15) is 9.59 Å². The molecule has 9 heteroatoms. The van der Waals surface area contributed by atoms with Crippen LogP contribution in [0.2, 0.25) is 0 Å². The van der Waals surface area contributed by atoms with Crippen molar-refractivity contribution in [3.05, 3.63) is 64.7 Å². The molecule has 0 spiro atoms. The molecule has 2 aromatic heterocycles. The first kappa shape index (κ1) is 19.1. The monoisotopic (exact) mass is 419 g/mol. The van der Waals surface area contributed by atoms with Crippen LogP contribution in [0.25, 0.3) is 21.9 Å². The first-order valence-electron chi connectivity index (χ1n) is 9.98. The summed E-state index contributed by atoms with van der Waals surface area (Å²) in [7, 11) is 1.61. The standard InChI is InChI=1S/C22H21N5O4/c1-30-18-11-15-16(25-20-19(15)21(28)24-13-23-20)12-17(18)26-7-9-27(10-8-26)31-22(29)14-5-3-2-4-6-14/h2-6,11-13H,7-10H2,1H3,(H2,23,24,25,28). The van der Waals surface area contributed by atoms with Crippen LogP contribution in [0, 0.1) is 0 Å². The molecule has 0 bridgehead atoms. The van der Waals surface area contributed by atoms with Crippen LogP contribution in [0.1, 0.15) is 10.4 Å². The lowest BCUT2D eigenvalue weighted by Gasteiger charge is -2.35. The average molecular weight is 419 g/mol. The van der Waals surface area contributed by atoms with Crippen molar-refractivity contribution in [3.63, 3.8) is 0 Å². The Kier molecular flexibility index (Phi) is 4.79. The highest BCUT2D eigenvalue weighted by atomic mass is 16.7. The molecule has 0 unspecified atom stereocenters. The van der Waals surface area contributed by atoms with Gasteiger partial charge >= 0.3 is 5.97 Å². The maximum absolute atomic E-state index is 12.3. The van der Waals surface area contributed by atoms with E-state index in [2.05, 4.69) is 19.9 Å². The van der Waals surface area contributed by atoms with Crippen LogP contribution < -0.4 is 15.2 Å². The highest BCUT2D eigenvalue weighted by Gasteiger charge is 2.24. The van der Waals surface area contributed by atoms with Gasteiger partial charge in [-0.3, -0.25) is 4.79 Å². The predicted octanol–water partition coefficient (Wildman–Crippen LogP) is 2.31. The first-order valence-corrected chi connectivity index (χ1v) is 9.98. The third-order valence-corrected chi connectivity index (χ3v) is 5.50. The zero-order chi connectivity index (χ0) is 21.4. The summed E-state index contributed by atoms with van der Waals surface area (Å²) in [6.07, 6.45) is 1.38. The van der Waals surface area contributed by atoms with Crippen LogP contribution in [-0.4, -0.2) is 59.3 Å². The van der Waals surface area contributed by atoms with Gasteiger partial charge < -0.3 is 24.4 Å². The quantitative estimate of drug-likeness (QED) is 0.523. The number of hydrogen-bond acceptors (Lipinski definition) is 7. The SMILES string of the molecule is COc1cc2c(cc1N1CCN(OC(=O)c3ccccc3)CC1)[nH]c1nc[nH]c(=O)c12. The van der Waals surface area contributed by atoms with Crippen molar-refractivity contribution < 1.29 is 14.4 Å². The summed E-state index contributed by atoms with van der Waals surface area (Å²) in [4.78, 5) is 42.3. The summed E-state index contributed by atoms with van der Waals surface area (Å²) in [5, 5.41) is 2.96. The number of H-pyrrole nitrogens is 2. The lowest BCUT2D eigenvalue weighted by molar-refractivity contribution is -0.112. The van der Waals surface area contributed by atoms with Crippen molar-refractivity contribution in [2.24, 2.45) is 0 Å². The number of carbonyl (C=O) groups is 1. The van der Waals surface area contributed by atoms with Crippen LogP contribution in [0.15, 0.2) is 53.6 Å². The number of piperazine rings is 1. The fourth-order valence-corrected chi connectivity index (χ4v) is 3.93. The second-order valence-corrected chi connectivity index (χ2v) is 7.31. The molecule has 3 heterocycles. The van der Waals surface area contributed by atoms with Gasteiger partial charge in [-0.05, 0) is 24.3 Å². The van der Waals surface area contributed by atoms with E-state index >= 15 is 0 Å². The summed E-state index contributed by atoms with van der Waals surface area (Å²) < 4.78 is 5.63. The van der Waals surface area contributed by atoms with Crippen molar-refractivity contribution in [3.8, 4) is 5.75 Å². The minimum Gasteiger partial charge on any atom is -0.495 e. The Morgan fingerprint density at radius 2 is 1.87 bits per heavy atom. The van der Waals surface area contributed by atoms with Gasteiger partial charge in [0.2, 0.25) is 0 Å². The lowest BCUT2D eigenvalue weighted by atomic mass is 10.1. The summed E-state index contributed by atoms with van der Waals surface area (Å²) >= 11 is 0. The fraction of sp³-hybridized carbons (Fsp3) is 0.227. The van der Waals surface area contributed by atoms with Crippen molar-refractivity contribution in [2.75, 3.05) is 38.2 Å². The van der Waals surface area contributed by atoms with E-state index in [1.165, 1.54) is 6.33 Å². The molecule has 1 aliphatic rings. The zero-order valence-corrected chi connectivity index (χ0v) is 16.9. The topological polar surface area (TPSA) is 104 Å². The van der Waals surface area contributed by atoms with Crippen molar-refractivity contribution >= 4 is 33.6 Å². The van der Waals surface area contributed by atoms with E-state index < -0.39 is 0 Å². The molecular weight excluding hydrogens is 398 g/mol. The number of nitrogens with zero attached hydrogens (tertiary/aromatic N) is 3. The number of aromatic nitrogens is 3. The molecule has 1 saturated heterocycles. The maximum atomic E-state index is 12.3. The van der Waals surface area contributed by atoms with E-state index in [0.29, 0.717) is 48.5 Å². The first-order chi connectivity index (χ1) is 15.1. The van der Waals surface area contributed by atoms with E-state index in [1.807, 2.05) is 30.3 Å². The van der Waals surface area contributed by atoms with Crippen molar-refractivity contribution in [2.45, 2.75) is 0 Å². The average Bonchev–Trinajstić information content (AvgIpc) is 3.18. The molecule has 5 rings (SSSR count). The van der Waals surface area contributed by atoms with Gasteiger partial charge in [0.15, 0.2) is 0 Å². The van der Waals surface area contributed by atoms with Gasteiger partial charge in [-0.1, -0.05) is 18.2 Å². The van der Waals surface area contributed by atoms with Gasteiger partial charge in [0, 0.05) is 18.5 Å². The normalized spacial score (nSPS) is 14.8. The Bertz CT molecular complexity index is 1310. The van der Waals surface area contributed by atoms with E-state index in [-0.39, 0.29) is 11.5 Å². The fourth-order valence-electron chi connectivity index (χ4n) is 3.93. The van der Waals surface area contributed by atoms with Gasteiger partial charge in [0.25, 0.3) is 5.56 Å². The Hall–Kier alpha value is -3.85. The van der Waals surface area contributed by atoms with Crippen molar-refractivity contribution in [1.82, 2.24) is 20.0 Å². The number of methoxy groups -OCH3 is 1. The summed E-state index contributed by atoms with van der Waals surface area (Å²) in [6, 6.07) is 12.8. The Balaban J connectivity index is 1.37. The molecule has 1 aliphatic heterocycles. The molecule has 0 radical (unpaired) electrons. The van der Waals surface area contributed by atoms with Crippen LogP contribution in [0.3, 0.4) is 0 Å². The van der Waals surface area contributed by atoms with Crippen LogP contribution in [0.4, 0.5) is 5.69 Å². The number of aromatic amines is 2. The van der Waals surface area contributed by atoms with Gasteiger partial charge in [-0.2, -0.15) is 0 Å². The highest BCUT2D eigenvalue weighted by molar-refractivity contribution is 6.07. The molecule has 4 aromatic rings. The third-order valence-electron chi connectivity index (χ3n) is 5.50. The van der Waals surface area contributed by atoms with Crippen molar-refractivity contribution in [1.29, 1.82) is 0 Å². The molecule has 0 atom stereocenters. The molecule has 0 saturated carbocycles. The Labute approximate surface area is 177 Å². The number of ether oxygens (including phenoxy) is 1. The van der Waals surface area contributed by atoms with E-state index in [4.69, 9.17) is 9.57 Å². The predicted molar refractivity (Wildman–Crippen MR) is 116 cm³/mol. The van der Waals surface area contributed by atoms with Crippen LogP contribution in [0.5, 0.6) is 5.75 Å². The summed E-state index contributed by atoms with van der Waals surface area (Å²) in [5.74, 6) is 0.315. The maximum Gasteiger partial charge on any atom is 0.357 e. The van der Waals surface area contributed by atoms with Crippen LogP contribution in [-0.2, 0) is 4.84 Å². The molecule has 158 valence electrons. The molecule has 1 fully saturated rings. The number of nitrogens with one attached hydrogen (secondary N) is 2. The van der Waals surface area contributed by atoms with Gasteiger partial charge in [-0.15, -0.1) is 5.06 Å². The number of benzene rings is 2. The van der Waals surface area contributed by atoms with Gasteiger partial charge in [0.1, 0.15) is 11.4 Å². The second kappa shape index (κ2) is 7.77. The molecule has 0 aliphatic carbocycles. The van der Waals surface area contributed by atoms with Gasteiger partial charge in [-0.25, -0.2) is 9.78 Å². The third kappa shape index (κ3) is 3.49. The van der Waals surface area contributed by atoms with E-state index in [1.54, 1.807) is 24.3 Å². The largest absolute Gasteiger partial charge is 0.495 e. The zero-order valence-electron chi connectivity index (χ0n) is 16.9. The summed E-state index contributed by atoms with van der Waals surface area (Å²) in [6.45, 7) is 2.44. The van der Waals surface area contributed by atoms with Gasteiger partial charge in [0.05, 0.1) is 48.7 Å². The summed E-state index contributed by atoms with van der Waals surface area (Å²) in [5.41, 5.74) is 2.59. The van der Waals surface area contributed by atoms with Crippen LogP contribution >= 0.6 is 0 Å². The minimum absolute atomic E-state index is 0.195. The smallest absolute Gasteiger partial charge is 0.357 e. The molecule has 9 nitrogen and oxygen atoms in total. The number of carbonyl (C=O) groups excluding carboxylic acids is 1. The second-order valence-electron chi connectivity index (χ2n) is 7.31. The lowest BCUT2D eigenvalue weighted by Crippen LogP contribution is -2.47. The molecule has 2 aromatic carbocycles. The molecular formula is C22H21N5O4. The molecule has 2 N–H and O–H groups in total. The highest BCUT2D eigenvalue weighted by Crippen LogP contribution is 2.35. The number of fused-ring (bicyclic) bond motifs is 3. The Morgan fingerprint density at radius 1 is 1.10 bits per heavy atom. The van der Waals surface area contributed by atoms with E-state index in [0.717, 1.165) is 16.6 Å². The number of hydroxylamine groups is 2. The number of rotatable bonds is 4.